The summed E-state index contributed by atoms with van der Waals surface area (Å²) in [4.78, 5) is 28.7. The van der Waals surface area contributed by atoms with E-state index in [2.05, 4.69) is 20.5 Å². The highest BCUT2D eigenvalue weighted by molar-refractivity contribution is 5.79. The molecule has 0 saturated heterocycles. The van der Waals surface area contributed by atoms with Crippen molar-refractivity contribution in [1.82, 2.24) is 29.6 Å². The van der Waals surface area contributed by atoms with Crippen LogP contribution < -0.4 is 10.9 Å². The summed E-state index contributed by atoms with van der Waals surface area (Å²) in [5.74, 6) is 0.349. The van der Waals surface area contributed by atoms with E-state index in [-0.39, 0.29) is 24.1 Å². The third kappa shape index (κ3) is 2.96. The molecule has 0 radical (unpaired) electrons. The average molecular weight is 312 g/mol. The summed E-state index contributed by atoms with van der Waals surface area (Å²) >= 11 is 0. The fraction of sp³-hybridized carbons (Fsp3) is 0.267. The smallest absolute Gasteiger partial charge is 0.261 e. The highest BCUT2D eigenvalue weighted by Gasteiger charge is 2.15. The molecule has 0 aliphatic heterocycles. The predicted molar refractivity (Wildman–Crippen MR) is 83.6 cm³/mol. The van der Waals surface area contributed by atoms with Crippen LogP contribution in [0.1, 0.15) is 18.8 Å². The van der Waals surface area contributed by atoms with Crippen LogP contribution in [0.2, 0.25) is 0 Å². The molecule has 1 amide bonds. The topological polar surface area (TPSA) is 94.7 Å². The van der Waals surface area contributed by atoms with Crippen molar-refractivity contribution in [2.45, 2.75) is 19.5 Å². The van der Waals surface area contributed by atoms with Gasteiger partial charge in [0.05, 0.1) is 23.3 Å². The van der Waals surface area contributed by atoms with Gasteiger partial charge < -0.3 is 9.88 Å². The lowest BCUT2D eigenvalue weighted by Crippen LogP contribution is -2.34. The molecule has 2 aromatic heterocycles. The van der Waals surface area contributed by atoms with Gasteiger partial charge in [0.2, 0.25) is 5.91 Å². The Labute approximate surface area is 131 Å². The van der Waals surface area contributed by atoms with Gasteiger partial charge in [-0.25, -0.2) is 4.98 Å². The number of fused-ring (bicyclic) bond motifs is 1. The normalized spacial score (nSPS) is 12.3. The third-order valence-electron chi connectivity index (χ3n) is 3.56. The number of hydrogen-bond donors (Lipinski definition) is 1. The molecule has 3 rings (SSSR count). The SMILES string of the molecule is CC(NC(=O)Cn1cnc2ccccc2c1=O)c1nncn1C. The van der Waals surface area contributed by atoms with Crippen LogP contribution in [-0.4, -0.2) is 30.2 Å². The van der Waals surface area contributed by atoms with Gasteiger partial charge in [-0.3, -0.25) is 14.2 Å². The van der Waals surface area contributed by atoms with Crippen LogP contribution >= 0.6 is 0 Å². The molecule has 0 spiro atoms. The van der Waals surface area contributed by atoms with Gasteiger partial charge in [0.15, 0.2) is 5.82 Å². The molecule has 1 atom stereocenters. The number of benzene rings is 1. The van der Waals surface area contributed by atoms with Gasteiger partial charge in [0.25, 0.3) is 5.56 Å². The number of carbonyl (C=O) groups is 1. The highest BCUT2D eigenvalue weighted by atomic mass is 16.2. The summed E-state index contributed by atoms with van der Waals surface area (Å²) < 4.78 is 3.02. The molecule has 0 bridgehead atoms. The summed E-state index contributed by atoms with van der Waals surface area (Å²) in [7, 11) is 1.80. The van der Waals surface area contributed by atoms with E-state index >= 15 is 0 Å². The first-order valence-corrected chi connectivity index (χ1v) is 7.13. The van der Waals surface area contributed by atoms with Crippen LogP contribution in [0.15, 0.2) is 41.7 Å². The van der Waals surface area contributed by atoms with Crippen LogP contribution in [0.4, 0.5) is 0 Å². The molecule has 1 unspecified atom stereocenters. The van der Waals surface area contributed by atoms with E-state index < -0.39 is 0 Å². The minimum atomic E-state index is -0.306. The van der Waals surface area contributed by atoms with E-state index in [1.807, 2.05) is 13.0 Å². The van der Waals surface area contributed by atoms with Crippen LogP contribution in [0, 0.1) is 0 Å². The summed E-state index contributed by atoms with van der Waals surface area (Å²) in [5, 5.41) is 11.0. The van der Waals surface area contributed by atoms with Crippen molar-refractivity contribution >= 4 is 16.8 Å². The maximum atomic E-state index is 12.3. The molecule has 1 aromatic carbocycles. The van der Waals surface area contributed by atoms with Crippen LogP contribution in [0.3, 0.4) is 0 Å². The Morgan fingerprint density at radius 2 is 2.09 bits per heavy atom. The van der Waals surface area contributed by atoms with Gasteiger partial charge in [-0.1, -0.05) is 12.1 Å². The van der Waals surface area contributed by atoms with E-state index in [1.54, 1.807) is 36.1 Å². The van der Waals surface area contributed by atoms with Crippen molar-refractivity contribution in [3.8, 4) is 0 Å². The summed E-state index contributed by atoms with van der Waals surface area (Å²) in [5.41, 5.74) is 0.374. The molecule has 0 fully saturated rings. The van der Waals surface area contributed by atoms with Gasteiger partial charge in [-0.05, 0) is 19.1 Å². The van der Waals surface area contributed by atoms with Crippen LogP contribution in [0.5, 0.6) is 0 Å². The van der Waals surface area contributed by atoms with Crippen LogP contribution in [-0.2, 0) is 18.4 Å². The van der Waals surface area contributed by atoms with E-state index in [9.17, 15) is 9.59 Å². The molecule has 8 nitrogen and oxygen atoms in total. The van der Waals surface area contributed by atoms with Crippen molar-refractivity contribution in [2.24, 2.45) is 7.05 Å². The number of nitrogens with zero attached hydrogens (tertiary/aromatic N) is 5. The molecule has 1 N–H and O–H groups in total. The summed E-state index contributed by atoms with van der Waals surface area (Å²) in [6, 6.07) is 6.73. The van der Waals surface area contributed by atoms with Gasteiger partial charge in [-0.2, -0.15) is 0 Å². The van der Waals surface area contributed by atoms with Crippen molar-refractivity contribution in [3.05, 3.63) is 53.1 Å². The second kappa shape index (κ2) is 5.99. The van der Waals surface area contributed by atoms with E-state index in [1.165, 1.54) is 10.9 Å². The molecule has 0 aliphatic rings. The number of aromatic nitrogens is 5. The van der Waals surface area contributed by atoms with E-state index in [0.717, 1.165) is 0 Å². The zero-order chi connectivity index (χ0) is 16.4. The third-order valence-corrected chi connectivity index (χ3v) is 3.56. The first-order valence-electron chi connectivity index (χ1n) is 7.13. The molecule has 0 aliphatic carbocycles. The highest BCUT2D eigenvalue weighted by Crippen LogP contribution is 2.07. The Kier molecular flexibility index (Phi) is 3.88. The van der Waals surface area contributed by atoms with Gasteiger partial charge in [0, 0.05) is 7.05 Å². The fourth-order valence-corrected chi connectivity index (χ4v) is 2.41. The van der Waals surface area contributed by atoms with Crippen molar-refractivity contribution in [1.29, 1.82) is 0 Å². The van der Waals surface area contributed by atoms with Crippen molar-refractivity contribution in [3.63, 3.8) is 0 Å². The molecule has 3 aromatic rings. The minimum absolute atomic E-state index is 0.0984. The van der Waals surface area contributed by atoms with Gasteiger partial charge in [-0.15, -0.1) is 10.2 Å². The Morgan fingerprint density at radius 3 is 2.83 bits per heavy atom. The maximum Gasteiger partial charge on any atom is 0.261 e. The lowest BCUT2D eigenvalue weighted by molar-refractivity contribution is -0.122. The Balaban J connectivity index is 1.77. The molecular formula is C15H16N6O2. The second-order valence-electron chi connectivity index (χ2n) is 5.28. The Bertz CT molecular complexity index is 913. The van der Waals surface area contributed by atoms with E-state index in [4.69, 9.17) is 0 Å². The van der Waals surface area contributed by atoms with Gasteiger partial charge in [0.1, 0.15) is 12.9 Å². The zero-order valence-electron chi connectivity index (χ0n) is 12.8. The summed E-state index contributed by atoms with van der Waals surface area (Å²) in [6.07, 6.45) is 2.95. The minimum Gasteiger partial charge on any atom is -0.345 e. The average Bonchev–Trinajstić information content (AvgIpc) is 2.96. The Morgan fingerprint density at radius 1 is 1.30 bits per heavy atom. The molecule has 8 heteroatoms. The number of para-hydroxylation sites is 1. The number of aryl methyl sites for hydroxylation is 1. The molecule has 118 valence electrons. The van der Waals surface area contributed by atoms with Crippen molar-refractivity contribution in [2.75, 3.05) is 0 Å². The first kappa shape index (κ1) is 14.9. The predicted octanol–water partition coefficient (Wildman–Crippen LogP) is 0.402. The molecule has 23 heavy (non-hydrogen) atoms. The monoisotopic (exact) mass is 312 g/mol. The molecule has 0 saturated carbocycles. The van der Waals surface area contributed by atoms with Crippen molar-refractivity contribution < 1.29 is 4.79 Å². The number of nitrogens with one attached hydrogen (secondary N) is 1. The van der Waals surface area contributed by atoms with Crippen LogP contribution in [0.25, 0.3) is 10.9 Å². The van der Waals surface area contributed by atoms with E-state index in [0.29, 0.717) is 16.7 Å². The number of rotatable bonds is 4. The maximum absolute atomic E-state index is 12.3. The van der Waals surface area contributed by atoms with Gasteiger partial charge >= 0.3 is 0 Å². The fourth-order valence-electron chi connectivity index (χ4n) is 2.41. The quantitative estimate of drug-likeness (QED) is 0.752. The second-order valence-corrected chi connectivity index (χ2v) is 5.28. The number of hydrogen-bond acceptors (Lipinski definition) is 5. The summed E-state index contributed by atoms with van der Waals surface area (Å²) in [6.45, 7) is 1.71. The standard InChI is InChI=1S/C15H16N6O2/c1-10(14-19-17-9-20(14)2)18-13(22)7-21-8-16-12-6-4-3-5-11(12)15(21)23/h3-6,8-10H,7H2,1-2H3,(H,18,22). The molecular weight excluding hydrogens is 296 g/mol. The lowest BCUT2D eigenvalue weighted by Gasteiger charge is -2.13. The lowest BCUT2D eigenvalue weighted by atomic mass is 10.2. The number of amides is 1. The Hall–Kier alpha value is -3.03. The molecule has 2 heterocycles. The number of carbonyl (C=O) groups excluding carboxylic acids is 1. The zero-order valence-corrected chi connectivity index (χ0v) is 12.8. The largest absolute Gasteiger partial charge is 0.345 e. The first-order chi connectivity index (χ1) is 11.1.